The zero-order chi connectivity index (χ0) is 17.8. The third kappa shape index (κ3) is 4.60. The Balaban J connectivity index is 1.55. The highest BCUT2D eigenvalue weighted by molar-refractivity contribution is 5.80. The predicted molar refractivity (Wildman–Crippen MR) is 94.2 cm³/mol. The molecule has 6 nitrogen and oxygen atoms in total. The van der Waals surface area contributed by atoms with E-state index in [4.69, 9.17) is 9.26 Å². The minimum Gasteiger partial charge on any atom is -0.365 e. The molecule has 140 valence electrons. The minimum absolute atomic E-state index is 0.0992. The minimum atomic E-state index is -0.370. The van der Waals surface area contributed by atoms with Gasteiger partial charge in [0.25, 0.3) is 5.91 Å². The number of carbonyl (C=O) groups is 1. The molecular weight excluding hydrogens is 318 g/mol. The Morgan fingerprint density at radius 2 is 2.20 bits per heavy atom. The summed E-state index contributed by atoms with van der Waals surface area (Å²) in [6.45, 7) is 7.62. The first-order chi connectivity index (χ1) is 12.1. The van der Waals surface area contributed by atoms with Gasteiger partial charge in [-0.05, 0) is 38.5 Å². The van der Waals surface area contributed by atoms with Crippen LogP contribution in [0, 0.1) is 5.92 Å². The molecule has 2 heterocycles. The van der Waals surface area contributed by atoms with Crippen LogP contribution in [0.1, 0.15) is 76.9 Å². The average Bonchev–Trinajstić information content (AvgIpc) is 3.10. The lowest BCUT2D eigenvalue weighted by Crippen LogP contribution is -2.45. The zero-order valence-corrected chi connectivity index (χ0v) is 15.7. The van der Waals surface area contributed by atoms with Crippen molar-refractivity contribution in [1.29, 1.82) is 0 Å². The molecule has 1 aromatic rings. The second kappa shape index (κ2) is 8.30. The number of hydrogen-bond donors (Lipinski definition) is 0. The van der Waals surface area contributed by atoms with Gasteiger partial charge in [-0.25, -0.2) is 0 Å². The first-order valence-electron chi connectivity index (χ1n) is 9.83. The predicted octanol–water partition coefficient (Wildman–Crippen LogP) is 3.32. The molecule has 2 aliphatic rings. The largest absolute Gasteiger partial charge is 0.365 e. The van der Waals surface area contributed by atoms with Crippen molar-refractivity contribution in [3.63, 3.8) is 0 Å². The number of aryl methyl sites for hydroxylation is 1. The van der Waals surface area contributed by atoms with E-state index in [0.29, 0.717) is 18.4 Å². The van der Waals surface area contributed by atoms with E-state index < -0.39 is 0 Å². The molecule has 0 aromatic carbocycles. The molecule has 1 amide bonds. The molecule has 1 saturated heterocycles. The van der Waals surface area contributed by atoms with Crippen molar-refractivity contribution < 1.29 is 14.1 Å². The van der Waals surface area contributed by atoms with Crippen molar-refractivity contribution >= 4 is 5.91 Å². The van der Waals surface area contributed by atoms with Crippen LogP contribution in [-0.4, -0.2) is 46.2 Å². The Hall–Kier alpha value is -1.43. The van der Waals surface area contributed by atoms with Crippen LogP contribution in [0.4, 0.5) is 0 Å². The molecule has 0 radical (unpaired) electrons. The molecular formula is C19H31N3O3. The molecule has 1 aliphatic heterocycles. The van der Waals surface area contributed by atoms with Gasteiger partial charge in [-0.3, -0.25) is 4.79 Å². The van der Waals surface area contributed by atoms with E-state index in [2.05, 4.69) is 17.1 Å². The monoisotopic (exact) mass is 349 g/mol. The van der Waals surface area contributed by atoms with E-state index in [9.17, 15) is 4.79 Å². The maximum atomic E-state index is 12.8. The average molecular weight is 349 g/mol. The molecule has 6 heteroatoms. The summed E-state index contributed by atoms with van der Waals surface area (Å²) in [5, 5.41) is 4.10. The Morgan fingerprint density at radius 1 is 1.36 bits per heavy atom. The zero-order valence-electron chi connectivity index (χ0n) is 15.7. The normalized spacial score (nSPS) is 28.8. The van der Waals surface area contributed by atoms with Gasteiger partial charge in [-0.15, -0.1) is 0 Å². The Labute approximate surface area is 150 Å². The van der Waals surface area contributed by atoms with E-state index in [1.165, 1.54) is 12.8 Å². The Morgan fingerprint density at radius 3 is 2.92 bits per heavy atom. The smallest absolute Gasteiger partial charge is 0.251 e. The number of aromatic nitrogens is 2. The summed E-state index contributed by atoms with van der Waals surface area (Å²) >= 11 is 0. The van der Waals surface area contributed by atoms with Gasteiger partial charge in [0.2, 0.25) is 5.89 Å². The molecule has 0 unspecified atom stereocenters. The third-order valence-corrected chi connectivity index (χ3v) is 5.52. The third-order valence-electron chi connectivity index (χ3n) is 5.52. The summed E-state index contributed by atoms with van der Waals surface area (Å²) in [6.07, 6.45) is 7.21. The fourth-order valence-electron chi connectivity index (χ4n) is 4.07. The summed E-state index contributed by atoms with van der Waals surface area (Å²) in [7, 11) is 0. The van der Waals surface area contributed by atoms with E-state index in [1.807, 2.05) is 18.7 Å². The lowest BCUT2D eigenvalue weighted by atomic mass is 9.88. The summed E-state index contributed by atoms with van der Waals surface area (Å²) in [5.41, 5.74) is 0. The molecule has 0 bridgehead atoms. The molecule has 3 rings (SSSR count). The topological polar surface area (TPSA) is 68.5 Å². The molecule has 0 N–H and O–H groups in total. The standard InChI is InChI=1S/C19H31N3O3/c1-4-17-20-18(21-25-17)15-8-6-10-22(12-15)19(23)14(3)24-16-9-5-7-13(2)11-16/h13-16H,4-12H2,1-3H3/t13-,14-,15+,16-/m0/s1. The SMILES string of the molecule is CCc1nc([C@@H]2CCCN(C(=O)[C@H](C)O[C@H]3CCC[C@H](C)C3)C2)no1. The maximum absolute atomic E-state index is 12.8. The van der Waals surface area contributed by atoms with Crippen molar-refractivity contribution in [2.75, 3.05) is 13.1 Å². The molecule has 1 aromatic heterocycles. The number of likely N-dealkylation sites (tertiary alicyclic amines) is 1. The van der Waals surface area contributed by atoms with Crippen LogP contribution >= 0.6 is 0 Å². The molecule has 0 spiro atoms. The van der Waals surface area contributed by atoms with Crippen LogP contribution in [-0.2, 0) is 16.0 Å². The molecule has 25 heavy (non-hydrogen) atoms. The van der Waals surface area contributed by atoms with E-state index in [-0.39, 0.29) is 24.0 Å². The van der Waals surface area contributed by atoms with Crippen LogP contribution in [0.25, 0.3) is 0 Å². The summed E-state index contributed by atoms with van der Waals surface area (Å²) in [5.74, 6) is 2.38. The first-order valence-corrected chi connectivity index (χ1v) is 9.83. The quantitative estimate of drug-likeness (QED) is 0.815. The van der Waals surface area contributed by atoms with Gasteiger partial charge in [0.1, 0.15) is 6.10 Å². The molecule has 1 saturated carbocycles. The fraction of sp³-hybridized carbons (Fsp3) is 0.842. The van der Waals surface area contributed by atoms with Crippen molar-refractivity contribution in [2.24, 2.45) is 5.92 Å². The number of hydrogen-bond acceptors (Lipinski definition) is 5. The fourth-order valence-corrected chi connectivity index (χ4v) is 4.07. The number of carbonyl (C=O) groups excluding carboxylic acids is 1. The van der Waals surface area contributed by atoms with Gasteiger partial charge in [0, 0.05) is 25.4 Å². The highest BCUT2D eigenvalue weighted by atomic mass is 16.5. The summed E-state index contributed by atoms with van der Waals surface area (Å²) in [6, 6.07) is 0. The highest BCUT2D eigenvalue weighted by Crippen LogP contribution is 2.28. The van der Waals surface area contributed by atoms with Gasteiger partial charge in [0.15, 0.2) is 5.82 Å². The van der Waals surface area contributed by atoms with Gasteiger partial charge < -0.3 is 14.2 Å². The van der Waals surface area contributed by atoms with Crippen molar-refractivity contribution in [1.82, 2.24) is 15.0 Å². The molecule has 4 atom stereocenters. The second-order valence-corrected chi connectivity index (χ2v) is 7.70. The highest BCUT2D eigenvalue weighted by Gasteiger charge is 2.32. The van der Waals surface area contributed by atoms with Crippen LogP contribution in [0.3, 0.4) is 0 Å². The van der Waals surface area contributed by atoms with Crippen molar-refractivity contribution in [3.8, 4) is 0 Å². The van der Waals surface area contributed by atoms with Crippen LogP contribution in [0.5, 0.6) is 0 Å². The van der Waals surface area contributed by atoms with E-state index in [0.717, 1.165) is 44.5 Å². The van der Waals surface area contributed by atoms with Crippen molar-refractivity contribution in [2.45, 2.75) is 83.8 Å². The van der Waals surface area contributed by atoms with Crippen LogP contribution in [0.15, 0.2) is 4.52 Å². The Kier molecular flexibility index (Phi) is 6.10. The van der Waals surface area contributed by atoms with Gasteiger partial charge in [0.05, 0.1) is 6.10 Å². The second-order valence-electron chi connectivity index (χ2n) is 7.70. The number of rotatable bonds is 5. The lowest BCUT2D eigenvalue weighted by molar-refractivity contribution is -0.149. The van der Waals surface area contributed by atoms with Crippen molar-refractivity contribution in [3.05, 3.63) is 11.7 Å². The molecule has 2 fully saturated rings. The lowest BCUT2D eigenvalue weighted by Gasteiger charge is -2.35. The number of amides is 1. The van der Waals surface area contributed by atoms with Gasteiger partial charge in [-0.2, -0.15) is 4.98 Å². The number of piperidine rings is 1. The molecule has 1 aliphatic carbocycles. The van der Waals surface area contributed by atoms with Gasteiger partial charge in [-0.1, -0.05) is 31.8 Å². The summed E-state index contributed by atoms with van der Waals surface area (Å²) < 4.78 is 11.3. The Bertz CT molecular complexity index is 574. The number of ether oxygens (including phenoxy) is 1. The van der Waals surface area contributed by atoms with Gasteiger partial charge >= 0.3 is 0 Å². The van der Waals surface area contributed by atoms with E-state index >= 15 is 0 Å². The summed E-state index contributed by atoms with van der Waals surface area (Å²) in [4.78, 5) is 19.2. The number of nitrogens with zero attached hydrogens (tertiary/aromatic N) is 3. The maximum Gasteiger partial charge on any atom is 0.251 e. The first kappa shape index (κ1) is 18.4. The van der Waals surface area contributed by atoms with Crippen LogP contribution < -0.4 is 0 Å². The van der Waals surface area contributed by atoms with Crippen LogP contribution in [0.2, 0.25) is 0 Å². The van der Waals surface area contributed by atoms with E-state index in [1.54, 1.807) is 0 Å².